The summed E-state index contributed by atoms with van der Waals surface area (Å²) in [7, 11) is 1.62. The SMILES string of the molecule is CCOC(=O)COc1ccc2c(c1)O/C(=C/c1cn(CC)c3ccc(OC)cc13)C2=O. The van der Waals surface area contributed by atoms with Crippen LogP contribution in [0.25, 0.3) is 17.0 Å². The molecule has 1 aromatic heterocycles. The fourth-order valence-corrected chi connectivity index (χ4v) is 3.55. The van der Waals surface area contributed by atoms with Crippen LogP contribution >= 0.6 is 0 Å². The van der Waals surface area contributed by atoms with Crippen molar-refractivity contribution in [2.24, 2.45) is 0 Å². The number of ether oxygens (including phenoxy) is 4. The molecular weight excluding hydrogens is 398 g/mol. The van der Waals surface area contributed by atoms with E-state index in [1.165, 1.54) is 0 Å². The van der Waals surface area contributed by atoms with Gasteiger partial charge in [-0.25, -0.2) is 4.79 Å². The third-order valence-electron chi connectivity index (χ3n) is 5.05. The van der Waals surface area contributed by atoms with Gasteiger partial charge in [-0.3, -0.25) is 4.79 Å². The number of methoxy groups -OCH3 is 1. The van der Waals surface area contributed by atoms with Crippen LogP contribution in [0.3, 0.4) is 0 Å². The van der Waals surface area contributed by atoms with E-state index in [0.29, 0.717) is 23.7 Å². The van der Waals surface area contributed by atoms with Crippen LogP contribution < -0.4 is 14.2 Å². The zero-order valence-electron chi connectivity index (χ0n) is 17.6. The number of nitrogens with zero attached hydrogens (tertiary/aromatic N) is 1. The molecule has 0 saturated carbocycles. The molecule has 0 spiro atoms. The monoisotopic (exact) mass is 421 g/mol. The van der Waals surface area contributed by atoms with Gasteiger partial charge in [0.15, 0.2) is 12.4 Å². The Hall–Kier alpha value is -3.74. The van der Waals surface area contributed by atoms with Gasteiger partial charge in [0.25, 0.3) is 0 Å². The number of ketones is 1. The van der Waals surface area contributed by atoms with E-state index >= 15 is 0 Å². The Bertz CT molecular complexity index is 1190. The number of aryl methyl sites for hydroxylation is 1. The van der Waals surface area contributed by atoms with E-state index in [1.54, 1.807) is 38.3 Å². The molecule has 0 N–H and O–H groups in total. The first kappa shape index (κ1) is 20.5. The fraction of sp³-hybridized carbons (Fsp3) is 0.250. The van der Waals surface area contributed by atoms with Gasteiger partial charge in [0.1, 0.15) is 17.2 Å². The Labute approximate surface area is 179 Å². The molecule has 4 rings (SSSR count). The lowest BCUT2D eigenvalue weighted by Gasteiger charge is -2.06. The van der Waals surface area contributed by atoms with Crippen molar-refractivity contribution in [3.63, 3.8) is 0 Å². The number of rotatable bonds is 7. The van der Waals surface area contributed by atoms with Crippen molar-refractivity contribution < 1.29 is 28.5 Å². The molecule has 0 atom stereocenters. The second-order valence-corrected chi connectivity index (χ2v) is 6.94. The molecular formula is C24H23NO6. The van der Waals surface area contributed by atoms with Gasteiger partial charge < -0.3 is 23.5 Å². The highest BCUT2D eigenvalue weighted by Gasteiger charge is 2.28. The molecule has 0 saturated heterocycles. The molecule has 7 heteroatoms. The smallest absolute Gasteiger partial charge is 0.344 e. The zero-order valence-corrected chi connectivity index (χ0v) is 17.6. The summed E-state index contributed by atoms with van der Waals surface area (Å²) in [5, 5.41) is 0.972. The predicted octanol–water partition coefficient (Wildman–Crippen LogP) is 4.23. The lowest BCUT2D eigenvalue weighted by atomic mass is 10.1. The molecule has 0 fully saturated rings. The molecule has 0 radical (unpaired) electrons. The third-order valence-corrected chi connectivity index (χ3v) is 5.05. The van der Waals surface area contributed by atoms with Gasteiger partial charge in [0, 0.05) is 35.3 Å². The Morgan fingerprint density at radius 3 is 2.68 bits per heavy atom. The summed E-state index contributed by atoms with van der Waals surface area (Å²) < 4.78 is 23.6. The topological polar surface area (TPSA) is 76.0 Å². The van der Waals surface area contributed by atoms with Crippen molar-refractivity contribution in [1.29, 1.82) is 0 Å². The normalized spacial score (nSPS) is 13.9. The maximum atomic E-state index is 12.9. The molecule has 0 unspecified atom stereocenters. The number of hydrogen-bond donors (Lipinski definition) is 0. The number of Topliss-reactive ketones (excluding diaryl/α,β-unsaturated/α-hetero) is 1. The average Bonchev–Trinajstić information content (AvgIpc) is 3.29. The minimum absolute atomic E-state index is 0.202. The molecule has 31 heavy (non-hydrogen) atoms. The summed E-state index contributed by atoms with van der Waals surface area (Å²) in [6.07, 6.45) is 3.74. The molecule has 2 heterocycles. The highest BCUT2D eigenvalue weighted by Crippen LogP contribution is 2.36. The number of carbonyl (C=O) groups is 2. The molecule has 0 aliphatic carbocycles. The van der Waals surface area contributed by atoms with E-state index in [0.717, 1.165) is 28.8 Å². The molecule has 2 aromatic carbocycles. The van der Waals surface area contributed by atoms with E-state index in [4.69, 9.17) is 18.9 Å². The van der Waals surface area contributed by atoms with Gasteiger partial charge in [-0.1, -0.05) is 0 Å². The lowest BCUT2D eigenvalue weighted by molar-refractivity contribution is -0.145. The van der Waals surface area contributed by atoms with E-state index in [1.807, 2.05) is 24.4 Å². The Balaban J connectivity index is 1.62. The van der Waals surface area contributed by atoms with Crippen LogP contribution in [0.4, 0.5) is 0 Å². The fourth-order valence-electron chi connectivity index (χ4n) is 3.55. The van der Waals surface area contributed by atoms with Crippen LogP contribution in [-0.4, -0.2) is 36.6 Å². The Morgan fingerprint density at radius 2 is 1.94 bits per heavy atom. The van der Waals surface area contributed by atoms with E-state index in [2.05, 4.69) is 11.5 Å². The minimum atomic E-state index is -0.455. The standard InChI is InChI=1S/C24H23NO6/c1-4-25-13-15(19-11-16(28-3)7-9-20(19)25)10-22-24(27)18-8-6-17(12-21(18)31-22)30-14-23(26)29-5-2/h6-13H,4-5,14H2,1-3H3/b22-10+. The van der Waals surface area contributed by atoms with Gasteiger partial charge in [-0.15, -0.1) is 0 Å². The Morgan fingerprint density at radius 1 is 1.13 bits per heavy atom. The van der Waals surface area contributed by atoms with Crippen LogP contribution in [0.2, 0.25) is 0 Å². The van der Waals surface area contributed by atoms with Crippen molar-refractivity contribution in [3.8, 4) is 17.2 Å². The number of esters is 1. The minimum Gasteiger partial charge on any atom is -0.497 e. The maximum Gasteiger partial charge on any atom is 0.344 e. The molecule has 1 aliphatic heterocycles. The van der Waals surface area contributed by atoms with E-state index < -0.39 is 5.97 Å². The van der Waals surface area contributed by atoms with Crippen molar-refractivity contribution in [1.82, 2.24) is 4.57 Å². The number of allylic oxidation sites excluding steroid dienone is 1. The largest absolute Gasteiger partial charge is 0.497 e. The molecule has 0 amide bonds. The van der Waals surface area contributed by atoms with Crippen LogP contribution in [0.15, 0.2) is 48.4 Å². The van der Waals surface area contributed by atoms with Crippen molar-refractivity contribution in [2.75, 3.05) is 20.3 Å². The van der Waals surface area contributed by atoms with Crippen molar-refractivity contribution >= 4 is 28.7 Å². The zero-order chi connectivity index (χ0) is 22.0. The highest BCUT2D eigenvalue weighted by atomic mass is 16.6. The summed E-state index contributed by atoms with van der Waals surface area (Å²) in [5.41, 5.74) is 2.37. The van der Waals surface area contributed by atoms with E-state index in [9.17, 15) is 9.59 Å². The molecule has 160 valence electrons. The van der Waals surface area contributed by atoms with Crippen LogP contribution in [0.5, 0.6) is 17.2 Å². The number of hydrogen-bond acceptors (Lipinski definition) is 6. The van der Waals surface area contributed by atoms with E-state index in [-0.39, 0.29) is 18.1 Å². The molecule has 3 aromatic rings. The summed E-state index contributed by atoms with van der Waals surface area (Å²) in [6.45, 7) is 4.67. The van der Waals surface area contributed by atoms with Gasteiger partial charge in [-0.2, -0.15) is 0 Å². The molecule has 7 nitrogen and oxygen atoms in total. The van der Waals surface area contributed by atoms with Crippen LogP contribution in [-0.2, 0) is 16.1 Å². The van der Waals surface area contributed by atoms with Crippen molar-refractivity contribution in [3.05, 3.63) is 59.5 Å². The summed E-state index contributed by atoms with van der Waals surface area (Å²) in [5.74, 6) is 1.14. The van der Waals surface area contributed by atoms with Gasteiger partial charge >= 0.3 is 5.97 Å². The second-order valence-electron chi connectivity index (χ2n) is 6.94. The third kappa shape index (κ3) is 3.99. The number of benzene rings is 2. The highest BCUT2D eigenvalue weighted by molar-refractivity contribution is 6.15. The molecule has 1 aliphatic rings. The average molecular weight is 421 g/mol. The maximum absolute atomic E-state index is 12.9. The number of fused-ring (bicyclic) bond motifs is 2. The van der Waals surface area contributed by atoms with Gasteiger partial charge in [0.05, 0.1) is 19.3 Å². The number of carbonyl (C=O) groups excluding carboxylic acids is 2. The van der Waals surface area contributed by atoms with Crippen molar-refractivity contribution in [2.45, 2.75) is 20.4 Å². The Kier molecular flexibility index (Phi) is 5.66. The summed E-state index contributed by atoms with van der Waals surface area (Å²) in [4.78, 5) is 24.3. The van der Waals surface area contributed by atoms with Gasteiger partial charge in [-0.05, 0) is 50.3 Å². The van der Waals surface area contributed by atoms with Crippen LogP contribution in [0.1, 0.15) is 29.8 Å². The first-order valence-electron chi connectivity index (χ1n) is 10.1. The first-order chi connectivity index (χ1) is 15.0. The predicted molar refractivity (Wildman–Crippen MR) is 116 cm³/mol. The molecule has 0 bridgehead atoms. The van der Waals surface area contributed by atoms with Gasteiger partial charge in [0.2, 0.25) is 5.78 Å². The second kappa shape index (κ2) is 8.55. The lowest BCUT2D eigenvalue weighted by Crippen LogP contribution is -2.14. The number of aromatic nitrogens is 1. The first-order valence-corrected chi connectivity index (χ1v) is 10.1. The summed E-state index contributed by atoms with van der Waals surface area (Å²) in [6, 6.07) is 10.7. The summed E-state index contributed by atoms with van der Waals surface area (Å²) >= 11 is 0. The quantitative estimate of drug-likeness (QED) is 0.420. The van der Waals surface area contributed by atoms with Crippen LogP contribution in [0, 0.1) is 0 Å².